The summed E-state index contributed by atoms with van der Waals surface area (Å²) in [7, 11) is 0. The summed E-state index contributed by atoms with van der Waals surface area (Å²) in [5.41, 5.74) is 2.21. The van der Waals surface area contributed by atoms with Crippen molar-refractivity contribution in [3.8, 4) is 5.69 Å². The van der Waals surface area contributed by atoms with Gasteiger partial charge in [-0.25, -0.2) is 4.98 Å². The topological polar surface area (TPSA) is 29.9 Å². The van der Waals surface area contributed by atoms with Crippen LogP contribution in [0.5, 0.6) is 0 Å². The second kappa shape index (κ2) is 5.03. The molecule has 1 N–H and O–H groups in total. The molecule has 1 aliphatic heterocycles. The highest BCUT2D eigenvalue weighted by Gasteiger charge is 2.21. The fourth-order valence-electron chi connectivity index (χ4n) is 2.39. The van der Waals surface area contributed by atoms with Gasteiger partial charge >= 0.3 is 0 Å². The van der Waals surface area contributed by atoms with Crippen molar-refractivity contribution >= 4 is 27.5 Å². The monoisotopic (exact) mass is 325 g/mol. The first-order valence-corrected chi connectivity index (χ1v) is 7.11. The van der Waals surface area contributed by atoms with Gasteiger partial charge in [0.05, 0.1) is 17.0 Å². The summed E-state index contributed by atoms with van der Waals surface area (Å²) >= 11 is 9.73. The molecule has 5 heteroatoms. The molecule has 18 heavy (non-hydrogen) atoms. The summed E-state index contributed by atoms with van der Waals surface area (Å²) in [4.78, 5) is 4.27. The van der Waals surface area contributed by atoms with E-state index in [2.05, 4.69) is 30.8 Å². The largest absolute Gasteiger partial charge is 0.316 e. The Morgan fingerprint density at radius 3 is 3.06 bits per heavy atom. The van der Waals surface area contributed by atoms with Gasteiger partial charge in [0.15, 0.2) is 0 Å². The van der Waals surface area contributed by atoms with Crippen LogP contribution >= 0.6 is 27.5 Å². The highest BCUT2D eigenvalue weighted by atomic mass is 79.9. The Bertz CT molecular complexity index is 561. The van der Waals surface area contributed by atoms with Crippen molar-refractivity contribution in [1.82, 2.24) is 14.9 Å². The number of rotatable bonds is 2. The maximum atomic E-state index is 6.31. The first-order valence-electron chi connectivity index (χ1n) is 5.94. The molecule has 0 bridgehead atoms. The first kappa shape index (κ1) is 12.2. The van der Waals surface area contributed by atoms with E-state index in [-0.39, 0.29) is 0 Å². The zero-order valence-electron chi connectivity index (χ0n) is 9.74. The molecule has 0 radical (unpaired) electrons. The van der Waals surface area contributed by atoms with E-state index in [0.717, 1.165) is 34.7 Å². The third-order valence-electron chi connectivity index (χ3n) is 3.31. The molecule has 0 spiro atoms. The Morgan fingerprint density at radius 2 is 2.33 bits per heavy atom. The summed E-state index contributed by atoms with van der Waals surface area (Å²) < 4.78 is 3.08. The Labute approximate surface area is 119 Å². The van der Waals surface area contributed by atoms with Crippen LogP contribution in [0.4, 0.5) is 0 Å². The van der Waals surface area contributed by atoms with Crippen molar-refractivity contribution in [2.45, 2.75) is 12.3 Å². The molecule has 1 aromatic carbocycles. The second-order valence-electron chi connectivity index (χ2n) is 4.47. The number of nitrogens with zero attached hydrogens (tertiary/aromatic N) is 2. The van der Waals surface area contributed by atoms with Crippen molar-refractivity contribution in [3.05, 3.63) is 45.9 Å². The van der Waals surface area contributed by atoms with Gasteiger partial charge in [-0.1, -0.05) is 27.5 Å². The molecule has 1 saturated heterocycles. The number of halogens is 2. The molecule has 94 valence electrons. The number of hydrogen-bond acceptors (Lipinski definition) is 2. The van der Waals surface area contributed by atoms with E-state index in [1.165, 1.54) is 5.69 Å². The number of nitrogens with one attached hydrogen (secondary N) is 1. The first-order chi connectivity index (χ1) is 8.75. The molecular formula is C13H13BrClN3. The molecule has 0 saturated carbocycles. The average molecular weight is 327 g/mol. The fourth-order valence-corrected chi connectivity index (χ4v) is 3.16. The number of hydrogen-bond donors (Lipinski definition) is 1. The Hall–Kier alpha value is -0.840. The molecule has 2 heterocycles. The van der Waals surface area contributed by atoms with Gasteiger partial charge in [0.2, 0.25) is 0 Å². The van der Waals surface area contributed by atoms with Gasteiger partial charge in [-0.2, -0.15) is 0 Å². The Kier molecular flexibility index (Phi) is 3.41. The Morgan fingerprint density at radius 1 is 1.44 bits per heavy atom. The maximum absolute atomic E-state index is 6.31. The van der Waals surface area contributed by atoms with Crippen LogP contribution in [0.3, 0.4) is 0 Å². The van der Waals surface area contributed by atoms with Crippen molar-refractivity contribution in [2.75, 3.05) is 13.1 Å². The van der Waals surface area contributed by atoms with Crippen LogP contribution < -0.4 is 5.32 Å². The quantitative estimate of drug-likeness (QED) is 0.917. The third kappa shape index (κ3) is 2.20. The lowest BCUT2D eigenvalue weighted by molar-refractivity contribution is 0.714. The van der Waals surface area contributed by atoms with E-state index in [1.807, 2.05) is 30.7 Å². The molecule has 0 amide bonds. The van der Waals surface area contributed by atoms with E-state index >= 15 is 0 Å². The maximum Gasteiger partial charge on any atom is 0.0994 e. The minimum Gasteiger partial charge on any atom is -0.316 e. The lowest BCUT2D eigenvalue weighted by Gasteiger charge is -2.14. The standard InChI is InChI=1S/C13H13BrClN3/c14-10-1-2-12(11(15)5-10)18-8-17-7-13(18)9-3-4-16-6-9/h1-2,5,7-9,16H,3-4,6H2. The van der Waals surface area contributed by atoms with Gasteiger partial charge in [0.1, 0.15) is 0 Å². The van der Waals surface area contributed by atoms with Gasteiger partial charge in [0, 0.05) is 28.8 Å². The molecule has 2 aromatic rings. The van der Waals surface area contributed by atoms with Gasteiger partial charge in [0.25, 0.3) is 0 Å². The van der Waals surface area contributed by atoms with E-state index < -0.39 is 0 Å². The lowest BCUT2D eigenvalue weighted by Crippen LogP contribution is -2.10. The van der Waals surface area contributed by atoms with Crippen molar-refractivity contribution in [1.29, 1.82) is 0 Å². The summed E-state index contributed by atoms with van der Waals surface area (Å²) in [5, 5.41) is 4.11. The van der Waals surface area contributed by atoms with Gasteiger partial charge in [-0.15, -0.1) is 0 Å². The van der Waals surface area contributed by atoms with Crippen molar-refractivity contribution in [3.63, 3.8) is 0 Å². The highest BCUT2D eigenvalue weighted by molar-refractivity contribution is 9.10. The molecule has 1 fully saturated rings. The summed E-state index contributed by atoms with van der Waals surface area (Å²) in [6, 6.07) is 5.92. The van der Waals surface area contributed by atoms with E-state index in [4.69, 9.17) is 11.6 Å². The van der Waals surface area contributed by atoms with Crippen LogP contribution in [0.15, 0.2) is 35.2 Å². The average Bonchev–Trinajstić information content (AvgIpc) is 2.98. The number of aromatic nitrogens is 2. The molecule has 3 rings (SSSR count). The van der Waals surface area contributed by atoms with Crippen LogP contribution in [-0.4, -0.2) is 22.6 Å². The lowest BCUT2D eigenvalue weighted by atomic mass is 10.1. The van der Waals surface area contributed by atoms with Gasteiger partial charge in [-0.05, 0) is 31.2 Å². The van der Waals surface area contributed by atoms with Crippen LogP contribution in [0, 0.1) is 0 Å². The van der Waals surface area contributed by atoms with Gasteiger partial charge < -0.3 is 9.88 Å². The van der Waals surface area contributed by atoms with Crippen molar-refractivity contribution in [2.24, 2.45) is 0 Å². The molecule has 1 aromatic heterocycles. The zero-order valence-corrected chi connectivity index (χ0v) is 12.1. The predicted octanol–water partition coefficient (Wildman–Crippen LogP) is 3.37. The molecule has 1 unspecified atom stereocenters. The second-order valence-corrected chi connectivity index (χ2v) is 5.80. The molecule has 0 aliphatic carbocycles. The van der Waals surface area contributed by atoms with Crippen molar-refractivity contribution < 1.29 is 0 Å². The molecular weight excluding hydrogens is 314 g/mol. The summed E-state index contributed by atoms with van der Waals surface area (Å²) in [5.74, 6) is 0.521. The van der Waals surface area contributed by atoms with Crippen LogP contribution in [0.1, 0.15) is 18.0 Å². The Balaban J connectivity index is 2.03. The summed E-state index contributed by atoms with van der Waals surface area (Å²) in [6.45, 7) is 2.09. The van der Waals surface area contributed by atoms with Crippen LogP contribution in [0.25, 0.3) is 5.69 Å². The van der Waals surface area contributed by atoms with Crippen LogP contribution in [0.2, 0.25) is 5.02 Å². The SMILES string of the molecule is Clc1cc(Br)ccc1-n1cncc1C1CCNC1. The minimum absolute atomic E-state index is 0.521. The summed E-state index contributed by atoms with van der Waals surface area (Å²) in [6.07, 6.45) is 4.93. The normalized spacial score (nSPS) is 19.3. The zero-order chi connectivity index (χ0) is 12.5. The van der Waals surface area contributed by atoms with E-state index in [9.17, 15) is 0 Å². The molecule has 3 nitrogen and oxygen atoms in total. The van der Waals surface area contributed by atoms with Crippen LogP contribution in [-0.2, 0) is 0 Å². The van der Waals surface area contributed by atoms with E-state index in [1.54, 1.807) is 0 Å². The third-order valence-corrected chi connectivity index (χ3v) is 4.11. The molecule has 1 aliphatic rings. The minimum atomic E-state index is 0.521. The van der Waals surface area contributed by atoms with Gasteiger partial charge in [-0.3, -0.25) is 0 Å². The molecule has 1 atom stereocenters. The highest BCUT2D eigenvalue weighted by Crippen LogP contribution is 2.29. The number of imidazole rings is 1. The number of benzene rings is 1. The smallest absolute Gasteiger partial charge is 0.0994 e. The fraction of sp³-hybridized carbons (Fsp3) is 0.308. The predicted molar refractivity (Wildman–Crippen MR) is 76.5 cm³/mol. The van der Waals surface area contributed by atoms with E-state index in [0.29, 0.717) is 5.92 Å².